The third-order valence-corrected chi connectivity index (χ3v) is 22.6. The van der Waals surface area contributed by atoms with Crippen molar-refractivity contribution in [1.82, 2.24) is 28.7 Å². The monoisotopic (exact) mass is 1140 g/mol. The normalized spacial score (nSPS) is 11.9. The number of nitrogens with zero attached hydrogens (tertiary/aromatic N) is 6. The summed E-state index contributed by atoms with van der Waals surface area (Å²) in [6.07, 6.45) is 0. The van der Waals surface area contributed by atoms with Gasteiger partial charge in [0.2, 0.25) is 0 Å². The predicted octanol–water partition coefficient (Wildman–Crippen LogP) is 17.2. The molecule has 0 bridgehead atoms. The van der Waals surface area contributed by atoms with Gasteiger partial charge in [-0.25, -0.2) is 15.0 Å². The fourth-order valence-corrected chi connectivity index (χ4v) is 18.7. The van der Waals surface area contributed by atoms with Gasteiger partial charge in [0.15, 0.2) is 25.5 Å². The van der Waals surface area contributed by atoms with Crippen molar-refractivity contribution in [3.8, 4) is 62.4 Å². The Hall–Kier alpha value is -11.5. The molecule has 7 heteroatoms. The van der Waals surface area contributed by atoms with Gasteiger partial charge in [-0.2, -0.15) is 0 Å². The highest BCUT2D eigenvalue weighted by Crippen LogP contribution is 2.42. The molecule has 0 unspecified atom stereocenters. The second-order valence-corrected chi connectivity index (χ2v) is 26.5. The zero-order chi connectivity index (χ0) is 58.1. The van der Waals surface area contributed by atoms with Crippen LogP contribution in [0.1, 0.15) is 0 Å². The first-order valence-corrected chi connectivity index (χ1v) is 32.0. The van der Waals surface area contributed by atoms with Gasteiger partial charge in [-0.05, 0) is 105 Å². The van der Waals surface area contributed by atoms with Crippen molar-refractivity contribution >= 4 is 94.2 Å². The van der Waals surface area contributed by atoms with Crippen LogP contribution in [-0.4, -0.2) is 36.7 Å². The number of aromatic nitrogens is 6. The highest BCUT2D eigenvalue weighted by atomic mass is 28.3. The van der Waals surface area contributed by atoms with E-state index in [0.717, 1.165) is 88.8 Å². The van der Waals surface area contributed by atoms with Gasteiger partial charge >= 0.3 is 0 Å². The van der Waals surface area contributed by atoms with E-state index in [0.29, 0.717) is 17.5 Å². The molecule has 0 spiro atoms. The van der Waals surface area contributed by atoms with Gasteiger partial charge < -0.3 is 13.7 Å². The van der Waals surface area contributed by atoms with Crippen molar-refractivity contribution in [3.63, 3.8) is 0 Å². The molecular formula is C81H54N6Si. The minimum atomic E-state index is -2.90. The Morgan fingerprint density at radius 3 is 0.989 bits per heavy atom. The van der Waals surface area contributed by atoms with E-state index in [9.17, 15) is 0 Å². The zero-order valence-corrected chi connectivity index (χ0v) is 48.9. The van der Waals surface area contributed by atoms with Crippen LogP contribution in [0.5, 0.6) is 0 Å². The molecule has 88 heavy (non-hydrogen) atoms. The SMILES string of the molecule is c1ccc(-c2nc(-c3ccccc3)nc(-c3cc(-c4cccc([Si](c5ccccc5)(c5ccccc5)c5ccccc5)c4)ccc3-n3c4ccc(-n5c6ccccc6c6ccccc65)cc4c4cc(-n5c6ccccc6c6ccccc65)ccc43)n2)cc1. The maximum absolute atomic E-state index is 5.52. The summed E-state index contributed by atoms with van der Waals surface area (Å²) >= 11 is 0. The van der Waals surface area contributed by atoms with Crippen molar-refractivity contribution in [1.29, 1.82) is 0 Å². The molecular weight excluding hydrogens is 1090 g/mol. The Morgan fingerprint density at radius 1 is 0.216 bits per heavy atom. The molecule has 0 fully saturated rings. The van der Waals surface area contributed by atoms with E-state index in [-0.39, 0.29) is 0 Å². The first-order chi connectivity index (χ1) is 43.7. The Morgan fingerprint density at radius 2 is 0.557 bits per heavy atom. The summed E-state index contributed by atoms with van der Waals surface area (Å²) in [4.78, 5) is 16.3. The smallest absolute Gasteiger partial charge is 0.179 e. The second-order valence-electron chi connectivity index (χ2n) is 22.7. The molecule has 4 aromatic heterocycles. The van der Waals surface area contributed by atoms with Gasteiger partial charge in [0.1, 0.15) is 0 Å². The van der Waals surface area contributed by atoms with Crippen LogP contribution in [0.15, 0.2) is 328 Å². The Kier molecular flexibility index (Phi) is 12.1. The van der Waals surface area contributed by atoms with E-state index < -0.39 is 8.07 Å². The lowest BCUT2D eigenvalue weighted by Crippen LogP contribution is -2.74. The van der Waals surface area contributed by atoms with E-state index in [1.165, 1.54) is 42.3 Å². The number of rotatable bonds is 11. The van der Waals surface area contributed by atoms with Crippen LogP contribution in [0.2, 0.25) is 0 Å². The minimum Gasteiger partial charge on any atom is -0.309 e. The van der Waals surface area contributed by atoms with Gasteiger partial charge in [0, 0.05) is 60.4 Å². The van der Waals surface area contributed by atoms with Crippen LogP contribution in [0.3, 0.4) is 0 Å². The number of para-hydroxylation sites is 4. The molecule has 6 nitrogen and oxygen atoms in total. The standard InChI is InChI=1S/C81H54N6Si/c1-6-25-55(26-7-1)79-82-80(56-27-8-2-9-28-56)84-81(83-79)71-52-58(57-29-24-36-64(51-57)88(61-30-10-3-11-31-61,62-32-12-4-13-33-62)63-34-14-5-15-35-63)45-48-78(71)87-76-49-46-59(85-72-41-20-16-37-65(72)66-38-17-21-42-73(66)85)53-69(76)70-54-60(47-50-77(70)87)86-74-43-22-18-39-67(74)68-40-19-23-44-75(68)86/h1-54H. The zero-order valence-electron chi connectivity index (χ0n) is 47.9. The van der Waals surface area contributed by atoms with E-state index >= 15 is 0 Å². The first kappa shape index (κ1) is 51.0. The van der Waals surface area contributed by atoms with Crippen LogP contribution in [0.25, 0.3) is 128 Å². The first-order valence-electron chi connectivity index (χ1n) is 30.0. The topological polar surface area (TPSA) is 53.5 Å². The van der Waals surface area contributed by atoms with Crippen LogP contribution >= 0.6 is 0 Å². The third kappa shape index (κ3) is 8.20. The predicted molar refractivity (Wildman–Crippen MR) is 368 cm³/mol. The van der Waals surface area contributed by atoms with Gasteiger partial charge in [-0.3, -0.25) is 0 Å². The molecule has 0 aliphatic rings. The van der Waals surface area contributed by atoms with Crippen molar-refractivity contribution in [2.24, 2.45) is 0 Å². The molecule has 0 N–H and O–H groups in total. The summed E-state index contributed by atoms with van der Waals surface area (Å²) in [5, 5.41) is 12.4. The van der Waals surface area contributed by atoms with Crippen molar-refractivity contribution in [3.05, 3.63) is 328 Å². The summed E-state index contributed by atoms with van der Waals surface area (Å²) < 4.78 is 7.28. The molecule has 13 aromatic carbocycles. The average molecular weight is 1140 g/mol. The fourth-order valence-electron chi connectivity index (χ4n) is 14.0. The van der Waals surface area contributed by atoms with Gasteiger partial charge in [0.05, 0.1) is 38.8 Å². The second kappa shape index (κ2) is 20.9. The Labute approximate surface area is 509 Å². The van der Waals surface area contributed by atoms with Crippen LogP contribution in [-0.2, 0) is 0 Å². The molecule has 0 saturated heterocycles. The van der Waals surface area contributed by atoms with Crippen LogP contribution in [0.4, 0.5) is 0 Å². The lowest BCUT2D eigenvalue weighted by Gasteiger charge is -2.34. The van der Waals surface area contributed by atoms with Crippen LogP contribution in [0, 0.1) is 0 Å². The lowest BCUT2D eigenvalue weighted by atomic mass is 10.0. The van der Waals surface area contributed by atoms with E-state index in [1.54, 1.807) is 0 Å². The van der Waals surface area contributed by atoms with Crippen molar-refractivity contribution < 1.29 is 0 Å². The number of hydrogen-bond acceptors (Lipinski definition) is 3. The molecule has 0 atom stereocenters. The number of fused-ring (bicyclic) bond motifs is 9. The van der Waals surface area contributed by atoms with Gasteiger partial charge in [-0.15, -0.1) is 0 Å². The fraction of sp³-hybridized carbons (Fsp3) is 0. The molecule has 0 saturated carbocycles. The van der Waals surface area contributed by atoms with Crippen LogP contribution < -0.4 is 20.7 Å². The van der Waals surface area contributed by atoms with E-state index in [2.05, 4.69) is 305 Å². The molecule has 4 heterocycles. The molecule has 17 aromatic rings. The highest BCUT2D eigenvalue weighted by Gasteiger charge is 2.41. The van der Waals surface area contributed by atoms with Gasteiger partial charge in [0.25, 0.3) is 0 Å². The molecule has 0 aliphatic heterocycles. The van der Waals surface area contributed by atoms with E-state index in [1.807, 2.05) is 36.4 Å². The van der Waals surface area contributed by atoms with Crippen molar-refractivity contribution in [2.45, 2.75) is 0 Å². The summed E-state index contributed by atoms with van der Waals surface area (Å²) in [6, 6.07) is 119. The summed E-state index contributed by atoms with van der Waals surface area (Å²) in [7, 11) is -2.90. The third-order valence-electron chi connectivity index (χ3n) is 17.8. The average Bonchev–Trinajstić information content (AvgIpc) is 1.84. The Balaban J connectivity index is 0.950. The quantitative estimate of drug-likeness (QED) is 0.0958. The molecule has 0 amide bonds. The summed E-state index contributed by atoms with van der Waals surface area (Å²) in [5.74, 6) is 1.77. The maximum atomic E-state index is 5.52. The molecule has 0 radical (unpaired) electrons. The molecule has 0 aliphatic carbocycles. The largest absolute Gasteiger partial charge is 0.309 e. The van der Waals surface area contributed by atoms with E-state index in [4.69, 9.17) is 15.0 Å². The number of hydrogen-bond donors (Lipinski definition) is 0. The highest BCUT2D eigenvalue weighted by molar-refractivity contribution is 7.19. The Bertz CT molecular complexity index is 5070. The van der Waals surface area contributed by atoms with Gasteiger partial charge in [-0.1, -0.05) is 255 Å². The summed E-state index contributed by atoms with van der Waals surface area (Å²) in [6.45, 7) is 0. The lowest BCUT2D eigenvalue weighted by molar-refractivity contribution is 1.06. The minimum absolute atomic E-state index is 0.570. The number of benzene rings is 13. The summed E-state index contributed by atoms with van der Waals surface area (Å²) in [5.41, 5.74) is 14.7. The maximum Gasteiger partial charge on any atom is 0.179 e. The van der Waals surface area contributed by atoms with Crippen molar-refractivity contribution in [2.75, 3.05) is 0 Å². The molecule has 412 valence electrons. The molecule has 17 rings (SSSR count).